The average molecular weight is 267 g/mol. The fourth-order valence-corrected chi connectivity index (χ4v) is 1.63. The van der Waals surface area contributed by atoms with Crippen molar-refractivity contribution in [3.05, 3.63) is 17.7 Å². The van der Waals surface area contributed by atoms with Gasteiger partial charge in [-0.25, -0.2) is 0 Å². The number of ether oxygens (including phenoxy) is 3. The Morgan fingerprint density at radius 2 is 1.63 bits per heavy atom. The average Bonchev–Trinajstić information content (AvgIpc) is 2.42. The summed E-state index contributed by atoms with van der Waals surface area (Å²) in [6.07, 6.45) is 0. The van der Waals surface area contributed by atoms with E-state index in [4.69, 9.17) is 14.2 Å². The molecule has 19 heavy (non-hydrogen) atoms. The minimum atomic E-state index is -0.0398. The van der Waals surface area contributed by atoms with Crippen LogP contribution in [-0.2, 0) is 11.3 Å². The zero-order valence-electron chi connectivity index (χ0n) is 12.1. The Labute approximate surface area is 113 Å². The summed E-state index contributed by atoms with van der Waals surface area (Å²) >= 11 is 0. The molecule has 0 saturated carbocycles. The molecule has 0 fully saturated rings. The maximum absolute atomic E-state index is 11.5. The van der Waals surface area contributed by atoms with Gasteiger partial charge in [-0.3, -0.25) is 4.79 Å². The van der Waals surface area contributed by atoms with E-state index in [-0.39, 0.29) is 11.8 Å². The molecular formula is C14H21NO4. The normalized spacial score (nSPS) is 10.2. The summed E-state index contributed by atoms with van der Waals surface area (Å²) in [4.78, 5) is 11.5. The lowest BCUT2D eigenvalue weighted by Gasteiger charge is -2.14. The number of rotatable bonds is 6. The van der Waals surface area contributed by atoms with Gasteiger partial charge in [-0.2, -0.15) is 0 Å². The molecule has 0 heterocycles. The van der Waals surface area contributed by atoms with Crippen LogP contribution in [0.1, 0.15) is 19.4 Å². The predicted octanol–water partition coefficient (Wildman–Crippen LogP) is 1.98. The van der Waals surface area contributed by atoms with Crippen LogP contribution >= 0.6 is 0 Å². The van der Waals surface area contributed by atoms with Crippen molar-refractivity contribution in [2.24, 2.45) is 5.92 Å². The number of methoxy groups -OCH3 is 3. The molecule has 1 rings (SSSR count). The van der Waals surface area contributed by atoms with E-state index in [0.717, 1.165) is 5.56 Å². The topological polar surface area (TPSA) is 56.8 Å². The number of hydrogen-bond donors (Lipinski definition) is 1. The molecule has 106 valence electrons. The maximum Gasteiger partial charge on any atom is 0.222 e. The molecule has 0 aliphatic heterocycles. The molecule has 1 aromatic rings. The van der Waals surface area contributed by atoms with Crippen LogP contribution in [-0.4, -0.2) is 27.2 Å². The molecule has 0 aliphatic carbocycles. The summed E-state index contributed by atoms with van der Waals surface area (Å²) in [6.45, 7) is 4.13. The van der Waals surface area contributed by atoms with Gasteiger partial charge < -0.3 is 19.5 Å². The van der Waals surface area contributed by atoms with Gasteiger partial charge in [0, 0.05) is 12.5 Å². The Bertz CT molecular complexity index is 418. The number of benzene rings is 1. The minimum Gasteiger partial charge on any atom is -0.493 e. The highest BCUT2D eigenvalue weighted by atomic mass is 16.5. The minimum absolute atomic E-state index is 0.00810. The molecular weight excluding hydrogens is 246 g/mol. The van der Waals surface area contributed by atoms with E-state index in [9.17, 15) is 4.79 Å². The Morgan fingerprint density at radius 1 is 1.11 bits per heavy atom. The van der Waals surface area contributed by atoms with Crippen LogP contribution in [0.3, 0.4) is 0 Å². The van der Waals surface area contributed by atoms with Gasteiger partial charge in [0.2, 0.25) is 11.7 Å². The van der Waals surface area contributed by atoms with Gasteiger partial charge in [0.25, 0.3) is 0 Å². The number of nitrogens with one attached hydrogen (secondary N) is 1. The van der Waals surface area contributed by atoms with Crippen molar-refractivity contribution < 1.29 is 19.0 Å². The third kappa shape index (κ3) is 3.77. The Kier molecular flexibility index (Phi) is 5.48. The number of amides is 1. The van der Waals surface area contributed by atoms with Gasteiger partial charge in [-0.1, -0.05) is 13.8 Å². The Hall–Kier alpha value is -1.91. The zero-order chi connectivity index (χ0) is 14.4. The second-order valence-electron chi connectivity index (χ2n) is 4.41. The third-order valence-electron chi connectivity index (χ3n) is 2.72. The van der Waals surface area contributed by atoms with Crippen LogP contribution in [0.2, 0.25) is 0 Å². The summed E-state index contributed by atoms with van der Waals surface area (Å²) in [5, 5.41) is 2.85. The Morgan fingerprint density at radius 3 is 2.00 bits per heavy atom. The molecule has 5 heteroatoms. The molecule has 0 spiro atoms. The van der Waals surface area contributed by atoms with Gasteiger partial charge >= 0.3 is 0 Å². The standard InChI is InChI=1S/C14H21NO4/c1-9(2)14(16)15-8-10-6-11(17-3)13(19-5)12(7-10)18-4/h6-7,9H,8H2,1-5H3,(H,15,16). The Balaban J connectivity index is 2.93. The van der Waals surface area contributed by atoms with Crippen LogP contribution in [0.5, 0.6) is 17.2 Å². The molecule has 0 aliphatic rings. The van der Waals surface area contributed by atoms with Crippen molar-refractivity contribution >= 4 is 5.91 Å². The van der Waals surface area contributed by atoms with Gasteiger partial charge in [0.05, 0.1) is 21.3 Å². The zero-order valence-corrected chi connectivity index (χ0v) is 12.1. The van der Waals surface area contributed by atoms with Gasteiger partial charge in [0.15, 0.2) is 11.5 Å². The van der Waals surface area contributed by atoms with E-state index in [1.54, 1.807) is 21.3 Å². The number of hydrogen-bond acceptors (Lipinski definition) is 4. The fourth-order valence-electron chi connectivity index (χ4n) is 1.63. The van der Waals surface area contributed by atoms with Crippen molar-refractivity contribution in [1.82, 2.24) is 5.32 Å². The van der Waals surface area contributed by atoms with Crippen LogP contribution in [0.15, 0.2) is 12.1 Å². The lowest BCUT2D eigenvalue weighted by molar-refractivity contribution is -0.124. The summed E-state index contributed by atoms with van der Waals surface area (Å²) in [7, 11) is 4.68. The van der Waals surface area contributed by atoms with Crippen LogP contribution < -0.4 is 19.5 Å². The quantitative estimate of drug-likeness (QED) is 0.856. The molecule has 0 unspecified atom stereocenters. The molecule has 1 N–H and O–H groups in total. The molecule has 0 atom stereocenters. The highest BCUT2D eigenvalue weighted by Crippen LogP contribution is 2.38. The van der Waals surface area contributed by atoms with E-state index in [1.165, 1.54) is 0 Å². The van der Waals surface area contributed by atoms with Crippen LogP contribution in [0, 0.1) is 5.92 Å². The van der Waals surface area contributed by atoms with E-state index >= 15 is 0 Å². The van der Waals surface area contributed by atoms with Crippen molar-refractivity contribution in [3.8, 4) is 17.2 Å². The van der Waals surface area contributed by atoms with Crippen LogP contribution in [0.4, 0.5) is 0 Å². The molecule has 0 saturated heterocycles. The third-order valence-corrected chi connectivity index (χ3v) is 2.72. The SMILES string of the molecule is COc1cc(CNC(=O)C(C)C)cc(OC)c1OC. The fraction of sp³-hybridized carbons (Fsp3) is 0.500. The largest absolute Gasteiger partial charge is 0.493 e. The van der Waals surface area contributed by atoms with Crippen LogP contribution in [0.25, 0.3) is 0 Å². The second kappa shape index (κ2) is 6.87. The molecule has 5 nitrogen and oxygen atoms in total. The summed E-state index contributed by atoms with van der Waals surface area (Å²) in [5.41, 5.74) is 0.892. The molecule has 0 bridgehead atoms. The lowest BCUT2D eigenvalue weighted by Crippen LogP contribution is -2.27. The van der Waals surface area contributed by atoms with Crippen molar-refractivity contribution in [2.75, 3.05) is 21.3 Å². The van der Waals surface area contributed by atoms with E-state index < -0.39 is 0 Å². The van der Waals surface area contributed by atoms with Gasteiger partial charge in [0.1, 0.15) is 0 Å². The van der Waals surface area contributed by atoms with Gasteiger partial charge in [-0.15, -0.1) is 0 Å². The highest BCUT2D eigenvalue weighted by Gasteiger charge is 2.14. The summed E-state index contributed by atoms with van der Waals surface area (Å²) in [5.74, 6) is 1.67. The van der Waals surface area contributed by atoms with Crippen molar-refractivity contribution in [1.29, 1.82) is 0 Å². The molecule has 1 aromatic carbocycles. The molecule has 0 aromatic heterocycles. The monoisotopic (exact) mass is 267 g/mol. The highest BCUT2D eigenvalue weighted by molar-refractivity contribution is 5.77. The maximum atomic E-state index is 11.5. The summed E-state index contributed by atoms with van der Waals surface area (Å²) < 4.78 is 15.8. The first-order valence-electron chi connectivity index (χ1n) is 6.10. The van der Waals surface area contributed by atoms with E-state index in [1.807, 2.05) is 26.0 Å². The van der Waals surface area contributed by atoms with E-state index in [0.29, 0.717) is 23.8 Å². The molecule has 1 amide bonds. The summed E-state index contributed by atoms with van der Waals surface area (Å²) in [6, 6.07) is 3.64. The first-order chi connectivity index (χ1) is 9.03. The number of carbonyl (C=O) groups is 1. The van der Waals surface area contributed by atoms with E-state index in [2.05, 4.69) is 5.32 Å². The van der Waals surface area contributed by atoms with Crippen molar-refractivity contribution in [3.63, 3.8) is 0 Å². The smallest absolute Gasteiger partial charge is 0.222 e. The number of carbonyl (C=O) groups excluding carboxylic acids is 1. The van der Waals surface area contributed by atoms with Gasteiger partial charge in [-0.05, 0) is 17.7 Å². The molecule has 0 radical (unpaired) electrons. The first-order valence-corrected chi connectivity index (χ1v) is 6.10. The van der Waals surface area contributed by atoms with Crippen molar-refractivity contribution in [2.45, 2.75) is 20.4 Å². The first kappa shape index (κ1) is 15.1. The second-order valence-corrected chi connectivity index (χ2v) is 4.41. The lowest BCUT2D eigenvalue weighted by atomic mass is 10.1. The predicted molar refractivity (Wildman–Crippen MR) is 72.8 cm³/mol.